The minimum Gasteiger partial charge on any atom is -0.756 e. The number of rotatable bonds is 23. The van der Waals surface area contributed by atoms with Gasteiger partial charge in [0.15, 0.2) is 0 Å². The summed E-state index contributed by atoms with van der Waals surface area (Å²) in [5.74, 6) is -0.410. The van der Waals surface area contributed by atoms with E-state index >= 15 is 0 Å². The van der Waals surface area contributed by atoms with Crippen LogP contribution in [0.25, 0.3) is 0 Å². The Labute approximate surface area is 202 Å². The number of quaternary nitrogens is 1. The van der Waals surface area contributed by atoms with Crippen LogP contribution in [-0.2, 0) is 23.1 Å². The molecule has 0 aromatic heterocycles. The maximum atomic E-state index is 11.9. The molecule has 0 amide bonds. The van der Waals surface area contributed by atoms with Gasteiger partial charge in [-0.05, 0) is 6.42 Å². The van der Waals surface area contributed by atoms with Gasteiger partial charge in [0.25, 0.3) is 7.82 Å². The van der Waals surface area contributed by atoms with Gasteiger partial charge in [-0.1, -0.05) is 84.0 Å². The standard InChI is InChI=1S/C24H50NO7P/c1-5-6-7-8-9-10-11-12-13-14-15-16-17-18-24(27)30-22-23(21-26)32-33(28,29)31-20-19-25(2,3)4/h23,26H,5-22H2,1-4H3. The Kier molecular flexibility index (Phi) is 19.5. The Bertz CT molecular complexity index is 525. The second kappa shape index (κ2) is 19.8. The molecule has 0 radical (unpaired) electrons. The van der Waals surface area contributed by atoms with Crippen molar-refractivity contribution in [2.45, 2.75) is 103 Å². The van der Waals surface area contributed by atoms with Crippen molar-refractivity contribution < 1.29 is 37.6 Å². The molecule has 9 heteroatoms. The molecule has 198 valence electrons. The number of carbonyl (C=O) groups excluding carboxylic acids is 1. The summed E-state index contributed by atoms with van der Waals surface area (Å²) in [5, 5.41) is 9.32. The molecule has 0 aromatic carbocycles. The second-order valence-corrected chi connectivity index (χ2v) is 11.2. The van der Waals surface area contributed by atoms with Crippen molar-refractivity contribution >= 4 is 13.8 Å². The average molecular weight is 496 g/mol. The van der Waals surface area contributed by atoms with Crippen LogP contribution < -0.4 is 4.89 Å². The first kappa shape index (κ1) is 32.5. The molecule has 0 heterocycles. The van der Waals surface area contributed by atoms with Gasteiger partial charge >= 0.3 is 5.97 Å². The lowest BCUT2D eigenvalue weighted by Gasteiger charge is -2.29. The van der Waals surface area contributed by atoms with Gasteiger partial charge in [0.1, 0.15) is 25.9 Å². The summed E-state index contributed by atoms with van der Waals surface area (Å²) in [6.45, 7) is 1.79. The number of hydrogen-bond acceptors (Lipinski definition) is 7. The van der Waals surface area contributed by atoms with Crippen LogP contribution in [0.5, 0.6) is 0 Å². The number of phosphoric acid groups is 1. The summed E-state index contributed by atoms with van der Waals surface area (Å²) in [5.41, 5.74) is 0. The molecular formula is C24H50NO7P. The van der Waals surface area contributed by atoms with Gasteiger partial charge in [-0.3, -0.25) is 9.36 Å². The van der Waals surface area contributed by atoms with Gasteiger partial charge in [0, 0.05) is 6.42 Å². The zero-order valence-electron chi connectivity index (χ0n) is 21.6. The fourth-order valence-corrected chi connectivity index (χ4v) is 4.16. The van der Waals surface area contributed by atoms with Crippen LogP contribution in [0, 0.1) is 0 Å². The predicted molar refractivity (Wildman–Crippen MR) is 130 cm³/mol. The molecule has 0 fully saturated rings. The number of esters is 1. The van der Waals surface area contributed by atoms with Crippen molar-refractivity contribution in [3.8, 4) is 0 Å². The highest BCUT2D eigenvalue weighted by Crippen LogP contribution is 2.39. The molecule has 8 nitrogen and oxygen atoms in total. The quantitative estimate of drug-likeness (QED) is 0.0957. The second-order valence-electron chi connectivity index (χ2n) is 9.88. The van der Waals surface area contributed by atoms with Gasteiger partial charge in [-0.25, -0.2) is 0 Å². The Morgan fingerprint density at radius 3 is 1.85 bits per heavy atom. The number of unbranched alkanes of at least 4 members (excludes halogenated alkanes) is 12. The lowest BCUT2D eigenvalue weighted by molar-refractivity contribution is -0.870. The van der Waals surface area contributed by atoms with Crippen LogP contribution >= 0.6 is 7.82 Å². The molecule has 0 rings (SSSR count). The smallest absolute Gasteiger partial charge is 0.305 e. The van der Waals surface area contributed by atoms with Crippen LogP contribution in [0.1, 0.15) is 96.8 Å². The largest absolute Gasteiger partial charge is 0.756 e. The zero-order valence-corrected chi connectivity index (χ0v) is 22.5. The lowest BCUT2D eigenvalue weighted by Crippen LogP contribution is -2.38. The first-order chi connectivity index (χ1) is 15.6. The van der Waals surface area contributed by atoms with Crippen LogP contribution in [0.3, 0.4) is 0 Å². The van der Waals surface area contributed by atoms with Crippen molar-refractivity contribution in [1.82, 2.24) is 0 Å². The Balaban J connectivity index is 3.73. The van der Waals surface area contributed by atoms with Gasteiger partial charge < -0.3 is 28.3 Å². The average Bonchev–Trinajstić information content (AvgIpc) is 2.73. The molecule has 0 spiro atoms. The summed E-state index contributed by atoms with van der Waals surface area (Å²) < 4.78 is 27.1. The molecule has 0 saturated heterocycles. The third kappa shape index (κ3) is 23.0. The predicted octanol–water partition coefficient (Wildman–Crippen LogP) is 4.58. The topological polar surface area (TPSA) is 105 Å². The van der Waals surface area contributed by atoms with E-state index in [2.05, 4.69) is 6.92 Å². The molecular weight excluding hydrogens is 445 g/mol. The SMILES string of the molecule is CCCCCCCCCCCCCCCC(=O)OCC(CO)OP(=O)([O-])OCC[N+](C)(C)C. The monoisotopic (exact) mass is 495 g/mol. The molecule has 0 bridgehead atoms. The van der Waals surface area contributed by atoms with Crippen molar-refractivity contribution in [3.63, 3.8) is 0 Å². The number of carbonyl (C=O) groups is 1. The fourth-order valence-electron chi connectivity index (χ4n) is 3.30. The molecule has 0 saturated carbocycles. The lowest BCUT2D eigenvalue weighted by atomic mass is 10.0. The minimum atomic E-state index is -4.57. The molecule has 0 aliphatic carbocycles. The number of nitrogens with zero attached hydrogens (tertiary/aromatic N) is 1. The summed E-state index contributed by atoms with van der Waals surface area (Å²) in [7, 11) is 1.16. The van der Waals surface area contributed by atoms with E-state index in [9.17, 15) is 19.4 Å². The number of aliphatic hydroxyl groups excluding tert-OH is 1. The van der Waals surface area contributed by atoms with Crippen molar-refractivity contribution in [2.75, 3.05) is 47.5 Å². The maximum absolute atomic E-state index is 11.9. The molecule has 0 aliphatic rings. The van der Waals surface area contributed by atoms with Crippen LogP contribution in [0.4, 0.5) is 0 Å². The third-order valence-electron chi connectivity index (χ3n) is 5.41. The molecule has 2 atom stereocenters. The summed E-state index contributed by atoms with van der Waals surface area (Å²) in [4.78, 5) is 23.7. The van der Waals surface area contributed by atoms with E-state index in [4.69, 9.17) is 13.8 Å². The maximum Gasteiger partial charge on any atom is 0.305 e. The Hall–Kier alpha value is -0.500. The summed E-state index contributed by atoms with van der Waals surface area (Å²) in [6, 6.07) is 0. The molecule has 0 aromatic rings. The highest BCUT2D eigenvalue weighted by atomic mass is 31.2. The van der Waals surface area contributed by atoms with E-state index < -0.39 is 26.5 Å². The third-order valence-corrected chi connectivity index (χ3v) is 6.46. The van der Waals surface area contributed by atoms with Crippen LogP contribution in [0.2, 0.25) is 0 Å². The number of likely N-dealkylation sites (N-methyl/N-ethyl adjacent to an activating group) is 1. The zero-order chi connectivity index (χ0) is 25.0. The van der Waals surface area contributed by atoms with E-state index in [-0.39, 0.29) is 19.6 Å². The number of hydrogen-bond donors (Lipinski definition) is 1. The summed E-state index contributed by atoms with van der Waals surface area (Å²) in [6.07, 6.45) is 15.1. The van der Waals surface area contributed by atoms with Gasteiger partial charge in [-0.2, -0.15) is 0 Å². The normalized spacial score (nSPS) is 14.7. The Morgan fingerprint density at radius 2 is 1.39 bits per heavy atom. The highest BCUT2D eigenvalue weighted by Gasteiger charge is 2.20. The van der Waals surface area contributed by atoms with E-state index in [1.807, 2.05) is 21.1 Å². The minimum absolute atomic E-state index is 0.0265. The van der Waals surface area contributed by atoms with E-state index in [1.165, 1.54) is 64.2 Å². The van der Waals surface area contributed by atoms with E-state index in [0.29, 0.717) is 11.0 Å². The molecule has 0 aliphatic heterocycles. The van der Waals surface area contributed by atoms with Crippen LogP contribution in [0.15, 0.2) is 0 Å². The van der Waals surface area contributed by atoms with E-state index in [0.717, 1.165) is 19.3 Å². The molecule has 2 unspecified atom stereocenters. The first-order valence-corrected chi connectivity index (χ1v) is 14.3. The first-order valence-electron chi connectivity index (χ1n) is 12.8. The van der Waals surface area contributed by atoms with Crippen molar-refractivity contribution in [2.24, 2.45) is 0 Å². The highest BCUT2D eigenvalue weighted by molar-refractivity contribution is 7.45. The van der Waals surface area contributed by atoms with E-state index in [1.54, 1.807) is 0 Å². The van der Waals surface area contributed by atoms with Crippen molar-refractivity contribution in [1.29, 1.82) is 0 Å². The molecule has 1 N–H and O–H groups in total. The summed E-state index contributed by atoms with van der Waals surface area (Å²) >= 11 is 0. The number of ether oxygens (including phenoxy) is 1. The fraction of sp³-hybridized carbons (Fsp3) is 0.958. The Morgan fingerprint density at radius 1 is 0.909 bits per heavy atom. The van der Waals surface area contributed by atoms with Crippen molar-refractivity contribution in [3.05, 3.63) is 0 Å². The van der Waals surface area contributed by atoms with Gasteiger partial charge in [0.05, 0.1) is 27.7 Å². The number of phosphoric ester groups is 1. The van der Waals surface area contributed by atoms with Gasteiger partial charge in [-0.15, -0.1) is 0 Å². The van der Waals surface area contributed by atoms with Crippen LogP contribution in [-0.4, -0.2) is 69.2 Å². The molecule has 33 heavy (non-hydrogen) atoms. The van der Waals surface area contributed by atoms with Gasteiger partial charge in [0.2, 0.25) is 0 Å². The number of aliphatic hydroxyl groups is 1.